The topological polar surface area (TPSA) is 62.5 Å². The van der Waals surface area contributed by atoms with Gasteiger partial charge < -0.3 is 9.80 Å². The molecule has 140 valence electrons. The monoisotopic (exact) mass is 375 g/mol. The smallest absolute Gasteiger partial charge is 0.355 e. The first-order valence-electron chi connectivity index (χ1n) is 8.68. The van der Waals surface area contributed by atoms with Crippen LogP contribution in [0.15, 0.2) is 36.8 Å². The molecule has 2 aliphatic rings. The second kappa shape index (κ2) is 5.80. The van der Waals surface area contributed by atoms with Gasteiger partial charge in [-0.1, -0.05) is 0 Å². The van der Waals surface area contributed by atoms with Gasteiger partial charge in [0.1, 0.15) is 18.0 Å². The van der Waals surface area contributed by atoms with E-state index >= 15 is 0 Å². The lowest BCUT2D eigenvalue weighted by atomic mass is 10.0. The maximum absolute atomic E-state index is 13.3. The van der Waals surface area contributed by atoms with Crippen molar-refractivity contribution in [2.45, 2.75) is 6.18 Å². The third kappa shape index (κ3) is 2.75. The molecule has 2 saturated heterocycles. The SMILES string of the molecule is FC(F)(F)c1cccnc1N1CC2CN(c3ccc4nncn4n3)CC2C1. The molecule has 2 fully saturated rings. The summed E-state index contributed by atoms with van der Waals surface area (Å²) >= 11 is 0. The van der Waals surface area contributed by atoms with Gasteiger partial charge in [-0.3, -0.25) is 0 Å². The molecule has 5 rings (SSSR count). The molecule has 0 spiro atoms. The zero-order valence-corrected chi connectivity index (χ0v) is 14.2. The van der Waals surface area contributed by atoms with Crippen molar-refractivity contribution >= 4 is 17.3 Å². The van der Waals surface area contributed by atoms with Crippen LogP contribution in [0.2, 0.25) is 0 Å². The highest BCUT2D eigenvalue weighted by Crippen LogP contribution is 2.40. The minimum absolute atomic E-state index is 0.0370. The Hall–Kier alpha value is -2.91. The fourth-order valence-electron chi connectivity index (χ4n) is 4.11. The van der Waals surface area contributed by atoms with E-state index in [1.807, 2.05) is 12.1 Å². The largest absolute Gasteiger partial charge is 0.419 e. The molecular formula is C17H16F3N7. The van der Waals surface area contributed by atoms with Gasteiger partial charge in [-0.25, -0.2) is 4.98 Å². The van der Waals surface area contributed by atoms with Crippen molar-refractivity contribution < 1.29 is 13.2 Å². The van der Waals surface area contributed by atoms with E-state index in [1.54, 1.807) is 15.7 Å². The molecule has 3 aromatic rings. The molecule has 0 aromatic carbocycles. The first-order chi connectivity index (χ1) is 13.0. The predicted molar refractivity (Wildman–Crippen MR) is 91.4 cm³/mol. The van der Waals surface area contributed by atoms with Crippen LogP contribution in [0.4, 0.5) is 24.8 Å². The molecule has 27 heavy (non-hydrogen) atoms. The van der Waals surface area contributed by atoms with Crippen molar-refractivity contribution in [3.05, 3.63) is 42.4 Å². The minimum atomic E-state index is -4.40. The van der Waals surface area contributed by atoms with Crippen LogP contribution in [0, 0.1) is 11.8 Å². The molecule has 0 aliphatic carbocycles. The molecule has 5 heterocycles. The molecule has 3 aromatic heterocycles. The van der Waals surface area contributed by atoms with Gasteiger partial charge in [0.25, 0.3) is 0 Å². The highest BCUT2D eigenvalue weighted by atomic mass is 19.4. The number of halogens is 3. The Morgan fingerprint density at radius 1 is 0.963 bits per heavy atom. The van der Waals surface area contributed by atoms with Crippen LogP contribution in [0.5, 0.6) is 0 Å². The van der Waals surface area contributed by atoms with Crippen molar-refractivity contribution in [2.75, 3.05) is 36.0 Å². The maximum Gasteiger partial charge on any atom is 0.419 e. The summed E-state index contributed by atoms with van der Waals surface area (Å²) in [5.41, 5.74) is 0.0145. The highest BCUT2D eigenvalue weighted by Gasteiger charge is 2.43. The normalized spacial score (nSPS) is 22.6. The number of anilines is 2. The zero-order valence-electron chi connectivity index (χ0n) is 14.2. The number of nitrogens with zero attached hydrogens (tertiary/aromatic N) is 7. The molecule has 7 nitrogen and oxygen atoms in total. The van der Waals surface area contributed by atoms with Crippen molar-refractivity contribution in [1.82, 2.24) is 24.8 Å². The first kappa shape index (κ1) is 16.3. The van der Waals surface area contributed by atoms with Gasteiger partial charge in [0, 0.05) is 44.2 Å². The fourth-order valence-corrected chi connectivity index (χ4v) is 4.11. The number of aromatic nitrogens is 5. The maximum atomic E-state index is 13.3. The average Bonchev–Trinajstić information content (AvgIpc) is 3.34. The highest BCUT2D eigenvalue weighted by molar-refractivity contribution is 5.51. The molecule has 0 radical (unpaired) electrons. The molecule has 0 N–H and O–H groups in total. The summed E-state index contributed by atoms with van der Waals surface area (Å²) < 4.78 is 41.5. The minimum Gasteiger partial charge on any atom is -0.355 e. The number of alkyl halides is 3. The van der Waals surface area contributed by atoms with Gasteiger partial charge in [0.2, 0.25) is 0 Å². The molecule has 2 unspecified atom stereocenters. The van der Waals surface area contributed by atoms with Crippen molar-refractivity contribution in [2.24, 2.45) is 11.8 Å². The van der Waals surface area contributed by atoms with E-state index in [1.165, 1.54) is 12.3 Å². The van der Waals surface area contributed by atoms with E-state index in [4.69, 9.17) is 0 Å². The van der Waals surface area contributed by atoms with Crippen LogP contribution in [0.3, 0.4) is 0 Å². The molecule has 2 aliphatic heterocycles. The van der Waals surface area contributed by atoms with Gasteiger partial charge in [0.05, 0.1) is 5.56 Å². The summed E-state index contributed by atoms with van der Waals surface area (Å²) in [6.07, 6.45) is -1.42. The van der Waals surface area contributed by atoms with Gasteiger partial charge in [-0.15, -0.1) is 15.3 Å². The Morgan fingerprint density at radius 3 is 2.44 bits per heavy atom. The summed E-state index contributed by atoms with van der Waals surface area (Å²) in [5, 5.41) is 12.3. The Balaban J connectivity index is 1.34. The fraction of sp³-hybridized carbons (Fsp3) is 0.412. The average molecular weight is 375 g/mol. The van der Waals surface area contributed by atoms with E-state index in [9.17, 15) is 13.2 Å². The predicted octanol–water partition coefficient (Wildman–Crippen LogP) is 2.11. The van der Waals surface area contributed by atoms with Gasteiger partial charge in [0.15, 0.2) is 5.65 Å². The van der Waals surface area contributed by atoms with Gasteiger partial charge in [-0.05, 0) is 24.3 Å². The van der Waals surface area contributed by atoms with Crippen LogP contribution in [0.1, 0.15) is 5.56 Å². The number of hydrogen-bond acceptors (Lipinski definition) is 6. The van der Waals surface area contributed by atoms with Crippen LogP contribution in [-0.2, 0) is 6.18 Å². The summed E-state index contributed by atoms with van der Waals surface area (Å²) in [4.78, 5) is 7.97. The van der Waals surface area contributed by atoms with Crippen LogP contribution >= 0.6 is 0 Å². The van der Waals surface area contributed by atoms with Crippen LogP contribution < -0.4 is 9.80 Å². The second-order valence-electron chi connectivity index (χ2n) is 7.03. The second-order valence-corrected chi connectivity index (χ2v) is 7.03. The molecule has 2 atom stereocenters. The van der Waals surface area contributed by atoms with Crippen LogP contribution in [0.25, 0.3) is 5.65 Å². The van der Waals surface area contributed by atoms with E-state index in [2.05, 4.69) is 25.2 Å². The third-order valence-electron chi connectivity index (χ3n) is 5.35. The standard InChI is InChI=1S/C17H16F3N7/c18-17(19,20)13-2-1-5-21-16(13)26-8-11-6-25(7-12(11)9-26)15-4-3-14-23-22-10-27(14)24-15/h1-5,10-12H,6-9H2. The third-order valence-corrected chi connectivity index (χ3v) is 5.35. The van der Waals surface area contributed by atoms with Crippen LogP contribution in [-0.4, -0.2) is 51.0 Å². The molecule has 10 heteroatoms. The van der Waals surface area contributed by atoms with Crippen molar-refractivity contribution in [1.29, 1.82) is 0 Å². The Bertz CT molecular complexity index is 972. The van der Waals surface area contributed by atoms with E-state index < -0.39 is 11.7 Å². The number of hydrogen-bond donors (Lipinski definition) is 0. The van der Waals surface area contributed by atoms with Gasteiger partial charge in [-0.2, -0.15) is 17.7 Å². The molecule has 0 bridgehead atoms. The Kier molecular flexibility index (Phi) is 3.49. The lowest BCUT2D eigenvalue weighted by Gasteiger charge is -2.25. The summed E-state index contributed by atoms with van der Waals surface area (Å²) in [6.45, 7) is 2.65. The van der Waals surface area contributed by atoms with E-state index in [-0.39, 0.29) is 17.7 Å². The van der Waals surface area contributed by atoms with E-state index in [0.29, 0.717) is 18.7 Å². The number of rotatable bonds is 2. The van der Waals surface area contributed by atoms with Crippen molar-refractivity contribution in [3.63, 3.8) is 0 Å². The number of pyridine rings is 1. The lowest BCUT2D eigenvalue weighted by Crippen LogP contribution is -2.31. The molecule has 0 saturated carbocycles. The van der Waals surface area contributed by atoms with E-state index in [0.717, 1.165) is 25.0 Å². The number of fused-ring (bicyclic) bond motifs is 2. The first-order valence-corrected chi connectivity index (χ1v) is 8.68. The summed E-state index contributed by atoms with van der Waals surface area (Å²) in [5.74, 6) is 1.44. The molecule has 0 amide bonds. The zero-order chi connectivity index (χ0) is 18.6. The summed E-state index contributed by atoms with van der Waals surface area (Å²) in [7, 11) is 0. The lowest BCUT2D eigenvalue weighted by molar-refractivity contribution is -0.137. The van der Waals surface area contributed by atoms with Gasteiger partial charge >= 0.3 is 6.18 Å². The molecular weight excluding hydrogens is 359 g/mol. The Morgan fingerprint density at radius 2 is 1.70 bits per heavy atom. The van der Waals surface area contributed by atoms with Crippen molar-refractivity contribution in [3.8, 4) is 0 Å². The summed E-state index contributed by atoms with van der Waals surface area (Å²) in [6, 6.07) is 6.20. The Labute approximate surface area is 152 Å². The quantitative estimate of drug-likeness (QED) is 0.684.